The summed E-state index contributed by atoms with van der Waals surface area (Å²) in [5, 5.41) is 2.22. The first-order valence-corrected chi connectivity index (χ1v) is 4.73. The highest BCUT2D eigenvalue weighted by Crippen LogP contribution is 2.21. The maximum absolute atomic E-state index is 11.2. The van der Waals surface area contributed by atoms with Crippen LogP contribution >= 0.6 is 23.0 Å². The van der Waals surface area contributed by atoms with E-state index in [1.807, 2.05) is 0 Å². The van der Waals surface area contributed by atoms with Gasteiger partial charge in [-0.3, -0.25) is 0 Å². The van der Waals surface area contributed by atoms with Crippen molar-refractivity contribution in [1.82, 2.24) is 0 Å². The Kier molecular flexibility index (Phi) is 4.28. The third-order valence-electron chi connectivity index (χ3n) is 1.68. The number of halogens is 1. The Labute approximate surface area is 99.4 Å². The van der Waals surface area contributed by atoms with Crippen molar-refractivity contribution in [1.29, 1.82) is 0 Å². The number of rotatable bonds is 4. The van der Waals surface area contributed by atoms with Crippen molar-refractivity contribution in [2.24, 2.45) is 5.34 Å². The summed E-state index contributed by atoms with van der Waals surface area (Å²) in [5.74, 6) is -0.708. The van der Waals surface area contributed by atoms with Crippen LogP contribution in [0.5, 0.6) is 0 Å². The molecule has 80 valence electrons. The number of nitrogens with two attached hydrogens (primary N) is 1. The minimum absolute atomic E-state index is 0.450. The molecule has 0 saturated carbocycles. The van der Waals surface area contributed by atoms with E-state index in [0.29, 0.717) is 11.3 Å². The third kappa shape index (κ3) is 3.05. The van der Waals surface area contributed by atoms with Gasteiger partial charge in [0, 0.05) is 11.3 Å². The molecule has 0 heterocycles. The molecule has 0 amide bonds. The zero-order chi connectivity index (χ0) is 11.3. The quantitative estimate of drug-likeness (QED) is 0.396. The van der Waals surface area contributed by atoms with E-state index >= 15 is 0 Å². The number of carbonyl (C=O) groups is 1. The van der Waals surface area contributed by atoms with Crippen LogP contribution in [-0.2, 0) is 12.7 Å². The van der Waals surface area contributed by atoms with Crippen LogP contribution < -0.4 is 5.73 Å². The normalized spacial score (nSPS) is 11.5. The number of nitrogens with zero attached hydrogens (tertiary/aromatic N) is 1. The Hall–Kier alpha value is -1.38. The summed E-state index contributed by atoms with van der Waals surface area (Å²) in [7, 11) is 0. The fourth-order valence-electron chi connectivity index (χ4n) is 0.994. The van der Waals surface area contributed by atoms with E-state index in [2.05, 4.69) is 13.2 Å². The van der Waals surface area contributed by atoms with Gasteiger partial charge in [-0.2, -0.15) is 0 Å². The molecule has 0 radical (unpaired) electrons. The number of carbonyl (C=O) groups excluding carboxylic acids is 1. The fourth-order valence-corrected chi connectivity index (χ4v) is 1.23. The van der Waals surface area contributed by atoms with Crippen LogP contribution in [0.3, 0.4) is 0 Å². The summed E-state index contributed by atoms with van der Waals surface area (Å²) >= 11 is 1.40. The summed E-state index contributed by atoms with van der Waals surface area (Å²) in [6, 6.07) is 6.27. The lowest BCUT2D eigenvalue weighted by Crippen LogP contribution is -2.13. The molecule has 1 aromatic rings. The Morgan fingerprint density at radius 3 is 2.47 bits per heavy atom. The molecule has 15 heavy (non-hydrogen) atoms. The van der Waals surface area contributed by atoms with Gasteiger partial charge >= 0.3 is 5.97 Å². The Bertz CT molecular complexity index is 354. The Balaban J connectivity index is 2.93. The smallest absolute Gasteiger partial charge is 0.364 e. The van der Waals surface area contributed by atoms with Gasteiger partial charge in [-0.1, -0.05) is 12.1 Å². The van der Waals surface area contributed by atoms with E-state index in [4.69, 9.17) is 5.73 Å². The number of hydrogen-bond donors (Lipinski definition) is 1. The second kappa shape index (κ2) is 5.49. The maximum atomic E-state index is 11.2. The first-order chi connectivity index (χ1) is 7.19. The summed E-state index contributed by atoms with van der Waals surface area (Å²) < 4.78 is 4.43. The van der Waals surface area contributed by atoms with Crippen LogP contribution in [0.15, 0.2) is 29.6 Å². The van der Waals surface area contributed by atoms with Gasteiger partial charge in [0.15, 0.2) is 28.3 Å². The second-order valence-corrected chi connectivity index (χ2v) is 3.06. The lowest BCUT2D eigenvalue weighted by molar-refractivity contribution is -0.144. The molecule has 2 N–H and O–H groups in total. The first-order valence-electron chi connectivity index (χ1n) is 3.85. The van der Waals surface area contributed by atoms with Crippen LogP contribution in [-0.4, -0.2) is 5.97 Å². The maximum Gasteiger partial charge on any atom is 0.364 e. The van der Waals surface area contributed by atoms with Crippen LogP contribution in [0.1, 0.15) is 11.7 Å². The van der Waals surface area contributed by atoms with E-state index in [9.17, 15) is 9.70 Å². The molecule has 0 fully saturated rings. The molecule has 0 saturated heterocycles. The van der Waals surface area contributed by atoms with Crippen molar-refractivity contribution in [3.8, 4) is 0 Å². The van der Waals surface area contributed by atoms with E-state index in [1.165, 1.54) is 23.0 Å². The van der Waals surface area contributed by atoms with Crippen molar-refractivity contribution in [2.75, 3.05) is 5.73 Å². The molecule has 1 rings (SSSR count). The van der Waals surface area contributed by atoms with Crippen LogP contribution in [0.4, 0.5) is 5.69 Å². The van der Waals surface area contributed by atoms with Gasteiger partial charge in [0.25, 0.3) is 6.10 Å². The second-order valence-electron chi connectivity index (χ2n) is 2.62. The predicted molar refractivity (Wildman–Crippen MR) is 60.6 cm³/mol. The van der Waals surface area contributed by atoms with Gasteiger partial charge in [-0.25, -0.2) is 4.79 Å². The van der Waals surface area contributed by atoms with Crippen LogP contribution in [0, 0.1) is 4.91 Å². The monoisotopic (exact) mass is 322 g/mol. The minimum atomic E-state index is -1.15. The zero-order valence-electron chi connectivity index (χ0n) is 7.42. The summed E-state index contributed by atoms with van der Waals surface area (Å²) in [6.45, 7) is 0. The molecule has 1 unspecified atom stereocenters. The molecule has 1 atom stereocenters. The van der Waals surface area contributed by atoms with E-state index in [1.54, 1.807) is 24.3 Å². The average molecular weight is 322 g/mol. The molecule has 0 spiro atoms. The van der Waals surface area contributed by atoms with Crippen LogP contribution in [0.2, 0.25) is 0 Å². The van der Waals surface area contributed by atoms with E-state index < -0.39 is 12.1 Å². The van der Waals surface area contributed by atoms with Crippen molar-refractivity contribution < 1.29 is 12.7 Å². The van der Waals surface area contributed by atoms with E-state index in [0.717, 1.165) is 0 Å². The van der Waals surface area contributed by atoms with E-state index in [-0.39, 0.29) is 0 Å². The van der Waals surface area contributed by atoms with Crippen molar-refractivity contribution >= 4 is 34.7 Å². The minimum Gasteiger partial charge on any atom is -0.399 e. The molecule has 0 bridgehead atoms. The molecule has 0 aliphatic heterocycles. The Morgan fingerprint density at radius 2 is 2.00 bits per heavy atom. The molecular formula is C8H7IN2O4. The Morgan fingerprint density at radius 1 is 1.40 bits per heavy atom. The van der Waals surface area contributed by atoms with Gasteiger partial charge in [-0.05, 0) is 12.1 Å². The number of nitrogen functional groups attached to an aromatic ring is 1. The van der Waals surface area contributed by atoms with Gasteiger partial charge in [0.1, 0.15) is 0 Å². The highest BCUT2D eigenvalue weighted by Gasteiger charge is 2.24. The molecule has 7 heteroatoms. The number of hydrogen-bond acceptors (Lipinski definition) is 6. The lowest BCUT2D eigenvalue weighted by Gasteiger charge is -2.09. The SMILES string of the molecule is Nc1ccc(C(ON=O)C(=O)OI)cc1. The molecular weight excluding hydrogens is 315 g/mol. The van der Waals surface area contributed by atoms with Gasteiger partial charge in [0.05, 0.1) is 0 Å². The average Bonchev–Trinajstić information content (AvgIpc) is 2.26. The van der Waals surface area contributed by atoms with Crippen LogP contribution in [0.25, 0.3) is 0 Å². The summed E-state index contributed by atoms with van der Waals surface area (Å²) in [4.78, 5) is 25.5. The highest BCUT2D eigenvalue weighted by atomic mass is 127. The third-order valence-corrected chi connectivity index (χ3v) is 2.11. The number of benzene rings is 1. The number of anilines is 1. The summed E-state index contributed by atoms with van der Waals surface area (Å²) in [6.07, 6.45) is -1.15. The van der Waals surface area contributed by atoms with Crippen molar-refractivity contribution in [3.63, 3.8) is 0 Å². The molecule has 0 aliphatic rings. The summed E-state index contributed by atoms with van der Waals surface area (Å²) in [5.41, 5.74) is 6.46. The molecule has 1 aromatic carbocycles. The van der Waals surface area contributed by atoms with Crippen molar-refractivity contribution in [3.05, 3.63) is 34.7 Å². The highest BCUT2D eigenvalue weighted by molar-refractivity contribution is 14.1. The zero-order valence-corrected chi connectivity index (χ0v) is 9.58. The molecule has 0 aromatic heterocycles. The molecule has 6 nitrogen and oxygen atoms in total. The van der Waals surface area contributed by atoms with Gasteiger partial charge < -0.3 is 13.6 Å². The predicted octanol–water partition coefficient (Wildman–Crippen LogP) is 1.90. The lowest BCUT2D eigenvalue weighted by atomic mass is 10.1. The van der Waals surface area contributed by atoms with Gasteiger partial charge in [-0.15, -0.1) is 4.91 Å². The van der Waals surface area contributed by atoms with Crippen molar-refractivity contribution in [2.45, 2.75) is 6.10 Å². The molecule has 0 aliphatic carbocycles. The first kappa shape index (κ1) is 11.7. The van der Waals surface area contributed by atoms with Gasteiger partial charge in [0.2, 0.25) is 0 Å². The fraction of sp³-hybridized carbons (Fsp3) is 0.125. The topological polar surface area (TPSA) is 91.0 Å². The standard InChI is InChI=1S/C8H7IN2O4/c9-14-8(12)7(15-11-13)5-1-3-6(10)4-2-5/h1-4,7H,10H2. The largest absolute Gasteiger partial charge is 0.399 e.